The van der Waals surface area contributed by atoms with Crippen molar-refractivity contribution in [2.45, 2.75) is 32.4 Å². The van der Waals surface area contributed by atoms with Crippen molar-refractivity contribution in [3.63, 3.8) is 0 Å². The van der Waals surface area contributed by atoms with Crippen molar-refractivity contribution in [1.29, 1.82) is 0 Å². The maximum atomic E-state index is 12.8. The van der Waals surface area contributed by atoms with Crippen molar-refractivity contribution in [2.75, 3.05) is 32.0 Å². The predicted molar refractivity (Wildman–Crippen MR) is 126 cm³/mol. The van der Waals surface area contributed by atoms with Crippen molar-refractivity contribution in [3.8, 4) is 0 Å². The van der Waals surface area contributed by atoms with Gasteiger partial charge in [0, 0.05) is 31.7 Å². The lowest BCUT2D eigenvalue weighted by molar-refractivity contribution is -0.138. The van der Waals surface area contributed by atoms with Crippen molar-refractivity contribution >= 4 is 27.5 Å². The van der Waals surface area contributed by atoms with E-state index >= 15 is 0 Å². The first-order valence-corrected chi connectivity index (χ1v) is 12.4. The second kappa shape index (κ2) is 10.3. The number of sulfonamides is 1. The van der Waals surface area contributed by atoms with Crippen LogP contribution in [0.2, 0.25) is 0 Å². The van der Waals surface area contributed by atoms with E-state index in [1.165, 1.54) is 9.21 Å². The molecule has 3 rings (SSSR count). The largest absolute Gasteiger partial charge is 0.336 e. The minimum absolute atomic E-state index is 0.0369. The molecule has 0 atom stereocenters. The van der Waals surface area contributed by atoms with Crippen molar-refractivity contribution in [3.05, 3.63) is 65.2 Å². The summed E-state index contributed by atoms with van der Waals surface area (Å²) < 4.78 is 26.9. The second-order valence-electron chi connectivity index (χ2n) is 8.42. The Bertz CT molecular complexity index is 1040. The summed E-state index contributed by atoms with van der Waals surface area (Å²) in [4.78, 5) is 26.8. The summed E-state index contributed by atoms with van der Waals surface area (Å²) in [5.41, 5.74) is 3.46. The number of piperidine rings is 1. The predicted octanol–water partition coefficient (Wildman–Crippen LogP) is 2.94. The number of anilines is 1. The Kier molecular flexibility index (Phi) is 7.69. The number of carbonyl (C=O) groups excluding carboxylic acids is 2. The Labute approximate surface area is 190 Å². The molecule has 0 saturated carbocycles. The zero-order chi connectivity index (χ0) is 23.3. The molecule has 0 unspecified atom stereocenters. The molecule has 1 aliphatic heterocycles. The normalized spacial score (nSPS) is 15.3. The molecule has 1 N–H and O–H groups in total. The van der Waals surface area contributed by atoms with Crippen molar-refractivity contribution < 1.29 is 18.0 Å². The number of likely N-dealkylation sites (N-methyl/N-ethyl adjacent to an activating group) is 1. The molecule has 8 heteroatoms. The Morgan fingerprint density at radius 2 is 1.59 bits per heavy atom. The van der Waals surface area contributed by atoms with Gasteiger partial charge in [-0.25, -0.2) is 12.7 Å². The highest BCUT2D eigenvalue weighted by molar-refractivity contribution is 7.88. The van der Waals surface area contributed by atoms with Crippen LogP contribution in [0.15, 0.2) is 48.5 Å². The van der Waals surface area contributed by atoms with Gasteiger partial charge >= 0.3 is 0 Å². The number of hydrogen-bond acceptors (Lipinski definition) is 4. The van der Waals surface area contributed by atoms with Crippen LogP contribution in [0.25, 0.3) is 0 Å². The Hall–Kier alpha value is -2.71. The molecule has 1 heterocycles. The van der Waals surface area contributed by atoms with Gasteiger partial charge in [0.15, 0.2) is 0 Å². The van der Waals surface area contributed by atoms with Crippen molar-refractivity contribution in [1.82, 2.24) is 9.21 Å². The Morgan fingerprint density at radius 1 is 1.00 bits per heavy atom. The standard InChI is InChI=1S/C24H31N3O4S/c1-18-8-7-9-19(2)23(18)25-22(28)16-26(3)24(29)21-12-14-27(15-13-21)32(30,31)17-20-10-5-4-6-11-20/h4-11,21H,12-17H2,1-3H3,(H,25,28). The number of hydrogen-bond donors (Lipinski definition) is 1. The lowest BCUT2D eigenvalue weighted by Gasteiger charge is -2.32. The molecule has 0 aromatic heterocycles. The molecule has 1 fully saturated rings. The molecular formula is C24H31N3O4S. The number of aryl methyl sites for hydroxylation is 2. The molecular weight excluding hydrogens is 426 g/mol. The van der Waals surface area contributed by atoms with Gasteiger partial charge in [0.25, 0.3) is 0 Å². The fraction of sp³-hybridized carbons (Fsp3) is 0.417. The Balaban J connectivity index is 1.51. The van der Waals surface area contributed by atoms with Gasteiger partial charge in [-0.3, -0.25) is 9.59 Å². The molecule has 1 saturated heterocycles. The number of carbonyl (C=O) groups is 2. The first kappa shape index (κ1) is 23.9. The van der Waals surface area contributed by atoms with Gasteiger partial charge in [0.2, 0.25) is 21.8 Å². The van der Waals surface area contributed by atoms with Crippen LogP contribution in [0.4, 0.5) is 5.69 Å². The molecule has 32 heavy (non-hydrogen) atoms. The summed E-state index contributed by atoms with van der Waals surface area (Å²) in [5, 5.41) is 2.90. The van der Waals surface area contributed by atoms with Crippen LogP contribution in [0.3, 0.4) is 0 Å². The van der Waals surface area contributed by atoms with Gasteiger partial charge in [-0.2, -0.15) is 0 Å². The minimum Gasteiger partial charge on any atom is -0.336 e. The highest BCUT2D eigenvalue weighted by Crippen LogP contribution is 2.23. The summed E-state index contributed by atoms with van der Waals surface area (Å²) in [6, 6.07) is 14.9. The molecule has 0 radical (unpaired) electrons. The van der Waals surface area contributed by atoms with E-state index in [2.05, 4.69) is 5.32 Å². The van der Waals surface area contributed by atoms with Gasteiger partial charge in [0.05, 0.1) is 12.3 Å². The molecule has 2 aromatic carbocycles. The van der Waals surface area contributed by atoms with E-state index in [4.69, 9.17) is 0 Å². The molecule has 7 nitrogen and oxygen atoms in total. The Morgan fingerprint density at radius 3 is 2.19 bits per heavy atom. The van der Waals surface area contributed by atoms with Crippen LogP contribution in [0.1, 0.15) is 29.5 Å². The summed E-state index contributed by atoms with van der Waals surface area (Å²) in [6.45, 7) is 4.44. The quantitative estimate of drug-likeness (QED) is 0.693. The van der Waals surface area contributed by atoms with Crippen LogP contribution in [-0.4, -0.2) is 56.1 Å². The topological polar surface area (TPSA) is 86.8 Å². The van der Waals surface area contributed by atoms with E-state index in [1.807, 2.05) is 50.2 Å². The van der Waals surface area contributed by atoms with Gasteiger partial charge < -0.3 is 10.2 Å². The third kappa shape index (κ3) is 5.95. The first-order chi connectivity index (χ1) is 15.2. The van der Waals surface area contributed by atoms with Gasteiger partial charge in [-0.1, -0.05) is 48.5 Å². The van der Waals surface area contributed by atoms with Crippen LogP contribution in [0.5, 0.6) is 0 Å². The maximum absolute atomic E-state index is 12.8. The minimum atomic E-state index is -3.42. The molecule has 0 spiro atoms. The molecule has 2 aromatic rings. The zero-order valence-electron chi connectivity index (χ0n) is 18.9. The van der Waals surface area contributed by atoms with Crippen LogP contribution in [-0.2, 0) is 25.4 Å². The average molecular weight is 458 g/mol. The highest BCUT2D eigenvalue weighted by atomic mass is 32.2. The molecule has 0 bridgehead atoms. The summed E-state index contributed by atoms with van der Waals surface area (Å²) in [5.74, 6) is -0.691. The third-order valence-corrected chi connectivity index (χ3v) is 7.74. The summed E-state index contributed by atoms with van der Waals surface area (Å²) in [7, 11) is -1.81. The smallest absolute Gasteiger partial charge is 0.243 e. The van der Waals surface area contributed by atoms with E-state index in [1.54, 1.807) is 19.2 Å². The van der Waals surface area contributed by atoms with Crippen LogP contribution in [0, 0.1) is 19.8 Å². The van der Waals surface area contributed by atoms with Crippen LogP contribution < -0.4 is 5.32 Å². The zero-order valence-corrected chi connectivity index (χ0v) is 19.7. The molecule has 0 aliphatic carbocycles. The third-order valence-electron chi connectivity index (χ3n) is 5.89. The molecule has 1 aliphatic rings. The second-order valence-corrected chi connectivity index (χ2v) is 10.4. The lowest BCUT2D eigenvalue weighted by Crippen LogP contribution is -2.45. The molecule has 2 amide bonds. The first-order valence-electron chi connectivity index (χ1n) is 10.8. The van der Waals surface area contributed by atoms with E-state index in [0.717, 1.165) is 22.4 Å². The lowest BCUT2D eigenvalue weighted by atomic mass is 9.96. The average Bonchev–Trinajstić information content (AvgIpc) is 2.76. The van der Waals surface area contributed by atoms with Crippen molar-refractivity contribution in [2.24, 2.45) is 5.92 Å². The van der Waals surface area contributed by atoms with E-state index in [0.29, 0.717) is 25.9 Å². The van der Waals surface area contributed by atoms with E-state index in [9.17, 15) is 18.0 Å². The van der Waals surface area contributed by atoms with Crippen LogP contribution >= 0.6 is 0 Å². The highest BCUT2D eigenvalue weighted by Gasteiger charge is 2.32. The van der Waals surface area contributed by atoms with Gasteiger partial charge in [-0.15, -0.1) is 0 Å². The SMILES string of the molecule is Cc1cccc(C)c1NC(=O)CN(C)C(=O)C1CCN(S(=O)(=O)Cc2ccccc2)CC1. The number of para-hydroxylation sites is 1. The monoisotopic (exact) mass is 457 g/mol. The molecule has 172 valence electrons. The number of rotatable bonds is 7. The fourth-order valence-electron chi connectivity index (χ4n) is 4.05. The van der Waals surface area contributed by atoms with E-state index < -0.39 is 10.0 Å². The van der Waals surface area contributed by atoms with E-state index in [-0.39, 0.29) is 30.0 Å². The number of nitrogens with zero attached hydrogens (tertiary/aromatic N) is 2. The number of benzene rings is 2. The maximum Gasteiger partial charge on any atom is 0.243 e. The number of nitrogens with one attached hydrogen (secondary N) is 1. The fourth-order valence-corrected chi connectivity index (χ4v) is 5.62. The van der Waals surface area contributed by atoms with Gasteiger partial charge in [0.1, 0.15) is 0 Å². The number of amides is 2. The summed E-state index contributed by atoms with van der Waals surface area (Å²) in [6.07, 6.45) is 0.908. The van der Waals surface area contributed by atoms with Gasteiger partial charge in [-0.05, 0) is 43.4 Å². The summed E-state index contributed by atoms with van der Waals surface area (Å²) >= 11 is 0.